The molecule has 1 aliphatic carbocycles. The molecular formula is C11H19N3. The first-order valence-corrected chi connectivity index (χ1v) is 5.37. The molecule has 3 nitrogen and oxygen atoms in total. The van der Waals surface area contributed by atoms with E-state index in [-0.39, 0.29) is 0 Å². The SMILES string of the molecule is Cc1cc(CNCC2CC2C)n(C)n1. The minimum atomic E-state index is 0.921. The van der Waals surface area contributed by atoms with Crippen LogP contribution in [0, 0.1) is 18.8 Å². The van der Waals surface area contributed by atoms with Crippen LogP contribution in [0.4, 0.5) is 0 Å². The Balaban J connectivity index is 1.77. The predicted molar refractivity (Wildman–Crippen MR) is 56.9 cm³/mol. The Kier molecular flexibility index (Phi) is 2.59. The minimum Gasteiger partial charge on any atom is -0.311 e. The molecule has 1 N–H and O–H groups in total. The van der Waals surface area contributed by atoms with Gasteiger partial charge in [0.25, 0.3) is 0 Å². The van der Waals surface area contributed by atoms with Crippen LogP contribution >= 0.6 is 0 Å². The maximum Gasteiger partial charge on any atom is 0.0597 e. The van der Waals surface area contributed by atoms with Gasteiger partial charge in [0.05, 0.1) is 11.4 Å². The molecule has 14 heavy (non-hydrogen) atoms. The molecule has 78 valence electrons. The summed E-state index contributed by atoms with van der Waals surface area (Å²) in [5, 5.41) is 7.80. The highest BCUT2D eigenvalue weighted by atomic mass is 15.3. The van der Waals surface area contributed by atoms with Crippen LogP contribution in [-0.4, -0.2) is 16.3 Å². The first-order valence-electron chi connectivity index (χ1n) is 5.37. The molecule has 0 saturated heterocycles. The smallest absolute Gasteiger partial charge is 0.0597 e. The van der Waals surface area contributed by atoms with E-state index >= 15 is 0 Å². The summed E-state index contributed by atoms with van der Waals surface area (Å²) < 4.78 is 1.96. The van der Waals surface area contributed by atoms with Gasteiger partial charge in [-0.1, -0.05) is 6.92 Å². The lowest BCUT2D eigenvalue weighted by Gasteiger charge is -2.03. The maximum absolute atomic E-state index is 4.32. The van der Waals surface area contributed by atoms with Crippen molar-refractivity contribution in [3.8, 4) is 0 Å². The third-order valence-electron chi connectivity index (χ3n) is 3.09. The van der Waals surface area contributed by atoms with Gasteiger partial charge in [0.15, 0.2) is 0 Å². The van der Waals surface area contributed by atoms with E-state index in [1.54, 1.807) is 0 Å². The molecule has 0 amide bonds. The molecule has 1 saturated carbocycles. The number of nitrogens with one attached hydrogen (secondary N) is 1. The van der Waals surface area contributed by atoms with E-state index in [4.69, 9.17) is 0 Å². The Morgan fingerprint density at radius 1 is 1.64 bits per heavy atom. The molecule has 2 rings (SSSR count). The molecule has 1 aromatic rings. The molecule has 0 aromatic carbocycles. The molecule has 0 radical (unpaired) electrons. The van der Waals surface area contributed by atoms with Crippen LogP contribution in [0.25, 0.3) is 0 Å². The van der Waals surface area contributed by atoms with Gasteiger partial charge in [-0.25, -0.2) is 0 Å². The highest BCUT2D eigenvalue weighted by Crippen LogP contribution is 2.36. The lowest BCUT2D eigenvalue weighted by molar-refractivity contribution is 0.582. The zero-order valence-corrected chi connectivity index (χ0v) is 9.25. The highest BCUT2D eigenvalue weighted by Gasteiger charge is 2.31. The van der Waals surface area contributed by atoms with Gasteiger partial charge in [0.1, 0.15) is 0 Å². The fourth-order valence-electron chi connectivity index (χ4n) is 1.90. The summed E-state index contributed by atoms with van der Waals surface area (Å²) in [4.78, 5) is 0. The number of aryl methyl sites for hydroxylation is 2. The van der Waals surface area contributed by atoms with E-state index in [1.165, 1.54) is 12.1 Å². The van der Waals surface area contributed by atoms with Crippen LogP contribution in [0.1, 0.15) is 24.7 Å². The average molecular weight is 193 g/mol. The van der Waals surface area contributed by atoms with Gasteiger partial charge in [-0.3, -0.25) is 4.68 Å². The molecule has 1 aliphatic rings. The Bertz CT molecular complexity index is 316. The fourth-order valence-corrected chi connectivity index (χ4v) is 1.90. The lowest BCUT2D eigenvalue weighted by atomic mass is 10.3. The predicted octanol–water partition coefficient (Wildman–Crippen LogP) is 1.47. The third kappa shape index (κ3) is 2.15. The average Bonchev–Trinajstić information content (AvgIpc) is 2.70. The molecule has 1 heterocycles. The van der Waals surface area contributed by atoms with Gasteiger partial charge in [0, 0.05) is 13.6 Å². The second-order valence-corrected chi connectivity index (χ2v) is 4.50. The number of nitrogens with zero attached hydrogens (tertiary/aromatic N) is 2. The minimum absolute atomic E-state index is 0.921. The van der Waals surface area contributed by atoms with Crippen molar-refractivity contribution in [2.75, 3.05) is 6.54 Å². The Morgan fingerprint density at radius 2 is 2.36 bits per heavy atom. The lowest BCUT2D eigenvalue weighted by Crippen LogP contribution is -2.18. The molecule has 0 spiro atoms. The van der Waals surface area contributed by atoms with Crippen molar-refractivity contribution in [3.63, 3.8) is 0 Å². The molecule has 2 unspecified atom stereocenters. The molecule has 0 bridgehead atoms. The molecule has 2 atom stereocenters. The maximum atomic E-state index is 4.32. The van der Waals surface area contributed by atoms with Crippen molar-refractivity contribution < 1.29 is 0 Å². The van der Waals surface area contributed by atoms with Crippen molar-refractivity contribution >= 4 is 0 Å². The number of hydrogen-bond acceptors (Lipinski definition) is 2. The zero-order chi connectivity index (χ0) is 10.1. The summed E-state index contributed by atoms with van der Waals surface area (Å²) in [6.07, 6.45) is 1.40. The second kappa shape index (κ2) is 3.73. The summed E-state index contributed by atoms with van der Waals surface area (Å²) in [5.41, 5.74) is 2.37. The summed E-state index contributed by atoms with van der Waals surface area (Å²) in [6, 6.07) is 2.14. The standard InChI is InChI=1S/C11H19N3/c1-8-4-10(8)6-12-7-11-5-9(2)13-14(11)3/h5,8,10,12H,4,6-7H2,1-3H3. The monoisotopic (exact) mass is 193 g/mol. The molecule has 1 fully saturated rings. The van der Waals surface area contributed by atoms with E-state index in [1.807, 2.05) is 18.7 Å². The Labute approximate surface area is 85.5 Å². The normalized spacial score (nSPS) is 25.4. The number of aromatic nitrogens is 2. The van der Waals surface area contributed by atoms with Crippen molar-refractivity contribution in [1.82, 2.24) is 15.1 Å². The molecule has 1 aromatic heterocycles. The van der Waals surface area contributed by atoms with E-state index in [9.17, 15) is 0 Å². The van der Waals surface area contributed by atoms with Crippen LogP contribution in [0.5, 0.6) is 0 Å². The second-order valence-electron chi connectivity index (χ2n) is 4.50. The van der Waals surface area contributed by atoms with E-state index in [0.29, 0.717) is 0 Å². The van der Waals surface area contributed by atoms with E-state index in [0.717, 1.165) is 30.6 Å². The van der Waals surface area contributed by atoms with Crippen molar-refractivity contribution in [3.05, 3.63) is 17.5 Å². The van der Waals surface area contributed by atoms with Gasteiger partial charge in [0.2, 0.25) is 0 Å². The Hall–Kier alpha value is -0.830. The van der Waals surface area contributed by atoms with Crippen molar-refractivity contribution in [2.24, 2.45) is 18.9 Å². The highest BCUT2D eigenvalue weighted by molar-refractivity contribution is 5.08. The van der Waals surface area contributed by atoms with E-state index < -0.39 is 0 Å². The number of rotatable bonds is 4. The first-order chi connectivity index (χ1) is 6.66. The van der Waals surface area contributed by atoms with Crippen molar-refractivity contribution in [2.45, 2.75) is 26.8 Å². The van der Waals surface area contributed by atoms with Gasteiger partial charge >= 0.3 is 0 Å². The van der Waals surface area contributed by atoms with Crippen LogP contribution in [0.15, 0.2) is 6.07 Å². The van der Waals surface area contributed by atoms with Gasteiger partial charge in [-0.15, -0.1) is 0 Å². The van der Waals surface area contributed by atoms with Gasteiger partial charge in [-0.05, 0) is 37.8 Å². The fraction of sp³-hybridized carbons (Fsp3) is 0.727. The topological polar surface area (TPSA) is 29.9 Å². The van der Waals surface area contributed by atoms with Crippen LogP contribution < -0.4 is 5.32 Å². The van der Waals surface area contributed by atoms with Crippen LogP contribution in [-0.2, 0) is 13.6 Å². The van der Waals surface area contributed by atoms with Crippen molar-refractivity contribution in [1.29, 1.82) is 0 Å². The van der Waals surface area contributed by atoms with Gasteiger partial charge < -0.3 is 5.32 Å². The third-order valence-corrected chi connectivity index (χ3v) is 3.09. The number of hydrogen-bond donors (Lipinski definition) is 1. The summed E-state index contributed by atoms with van der Waals surface area (Å²) >= 11 is 0. The first kappa shape index (κ1) is 9.71. The quantitative estimate of drug-likeness (QED) is 0.785. The summed E-state index contributed by atoms with van der Waals surface area (Å²) in [7, 11) is 2.00. The summed E-state index contributed by atoms with van der Waals surface area (Å²) in [6.45, 7) is 6.46. The van der Waals surface area contributed by atoms with Crippen LogP contribution in [0.3, 0.4) is 0 Å². The molecule has 3 heteroatoms. The zero-order valence-electron chi connectivity index (χ0n) is 9.25. The largest absolute Gasteiger partial charge is 0.311 e. The molecular weight excluding hydrogens is 174 g/mol. The van der Waals surface area contributed by atoms with E-state index in [2.05, 4.69) is 23.4 Å². The van der Waals surface area contributed by atoms with Gasteiger partial charge in [-0.2, -0.15) is 5.10 Å². The summed E-state index contributed by atoms with van der Waals surface area (Å²) in [5.74, 6) is 1.86. The Morgan fingerprint density at radius 3 is 2.86 bits per heavy atom. The molecule has 0 aliphatic heterocycles. The van der Waals surface area contributed by atoms with Crippen LogP contribution in [0.2, 0.25) is 0 Å².